The molecule has 0 atom stereocenters. The fourth-order valence-electron chi connectivity index (χ4n) is 0. The van der Waals surface area contributed by atoms with E-state index in [2.05, 4.69) is 0 Å². The summed E-state index contributed by atoms with van der Waals surface area (Å²) in [6, 6.07) is 0. The van der Waals surface area contributed by atoms with Crippen LogP contribution in [0.5, 0.6) is 0 Å². The van der Waals surface area contributed by atoms with Crippen LogP contribution in [0, 0.1) is 0 Å². The van der Waals surface area contributed by atoms with Gasteiger partial charge in [0.1, 0.15) is 0 Å². The third kappa shape index (κ3) is 17.1. The van der Waals surface area contributed by atoms with Gasteiger partial charge in [-0.2, -0.15) is 0 Å². The molecule has 0 aromatic carbocycles. The number of hydrogen-bond acceptors (Lipinski definition) is 2. The van der Waals surface area contributed by atoms with Crippen molar-refractivity contribution in [3.8, 4) is 0 Å². The molecule has 4 heteroatoms. The number of hydrogen-bond donors (Lipinski definition) is 2. The van der Waals surface area contributed by atoms with Crippen molar-refractivity contribution >= 4 is 8.41 Å². The second-order valence-corrected chi connectivity index (χ2v) is 0.447. The zero-order chi connectivity index (χ0) is 3.41. The van der Waals surface area contributed by atoms with Crippen molar-refractivity contribution in [2.45, 2.75) is 0 Å². The zero-order valence-electron chi connectivity index (χ0n) is 3.31. The van der Waals surface area contributed by atoms with Gasteiger partial charge in [0.25, 0.3) is 0 Å². The predicted octanol–water partition coefficient (Wildman–Crippen LogP) is -5.48. The minimum absolute atomic E-state index is 0. The fourth-order valence-corrected chi connectivity index (χ4v) is 0. The third-order valence-electron chi connectivity index (χ3n) is 0.1000. The third-order valence-corrected chi connectivity index (χ3v) is 0.1000. The van der Waals surface area contributed by atoms with Gasteiger partial charge in [-0.3, -0.25) is 0 Å². The van der Waals surface area contributed by atoms with Gasteiger partial charge >= 0.3 is 58.2 Å². The van der Waals surface area contributed by atoms with E-state index in [1.165, 1.54) is 0 Å². The molecule has 0 spiro atoms. The topological polar surface area (TPSA) is 40.5 Å². The summed E-state index contributed by atoms with van der Waals surface area (Å²) < 4.78 is 0. The van der Waals surface area contributed by atoms with Crippen LogP contribution in [0.25, 0.3) is 0 Å². The summed E-state index contributed by atoms with van der Waals surface area (Å²) in [5, 5.41) is 15.2. The van der Waals surface area contributed by atoms with Crippen molar-refractivity contribution in [1.82, 2.24) is 0 Å². The molecule has 0 heterocycles. The maximum atomic E-state index is 7.62. The number of aliphatic hydroxyl groups excluding tert-OH is 2. The van der Waals surface area contributed by atoms with Crippen LogP contribution in [0.3, 0.4) is 0 Å². The molecule has 0 fully saturated rings. The van der Waals surface area contributed by atoms with E-state index in [1.54, 1.807) is 0 Å². The van der Waals surface area contributed by atoms with Crippen LogP contribution in [0.1, 0.15) is 0 Å². The quantitative estimate of drug-likeness (QED) is 0.378. The summed E-state index contributed by atoms with van der Waals surface area (Å²) in [5.74, 6) is 0. The first-order chi connectivity index (χ1) is 1.91. The Morgan fingerprint density at radius 3 is 1.17 bits per heavy atom. The molecule has 0 aliphatic rings. The summed E-state index contributed by atoms with van der Waals surface area (Å²) in [6.45, 7) is -0.250. The molecule has 0 aliphatic heterocycles. The van der Waals surface area contributed by atoms with Gasteiger partial charge in [0.05, 0.1) is 13.2 Å². The number of rotatable bonds is 1. The maximum Gasteiger partial charge on any atom is 1.00 e. The average molecular weight is 162 g/mol. The van der Waals surface area contributed by atoms with Crippen molar-refractivity contribution in [3.05, 3.63) is 0 Å². The van der Waals surface area contributed by atoms with Gasteiger partial charge in [-0.05, 0) is 0 Å². The van der Waals surface area contributed by atoms with E-state index in [1.807, 2.05) is 0 Å². The van der Waals surface area contributed by atoms with Crippen LogP contribution in [0.2, 0.25) is 0 Å². The molecule has 0 bridgehead atoms. The van der Waals surface area contributed by atoms with E-state index in [4.69, 9.17) is 10.2 Å². The van der Waals surface area contributed by atoms with Gasteiger partial charge in [0, 0.05) is 0 Å². The van der Waals surface area contributed by atoms with Crippen LogP contribution >= 0.6 is 0 Å². The van der Waals surface area contributed by atoms with Gasteiger partial charge in [0.15, 0.2) is 0 Å². The van der Waals surface area contributed by atoms with E-state index in [9.17, 15) is 0 Å². The second-order valence-electron chi connectivity index (χ2n) is 0.447. The molecule has 2 nitrogen and oxygen atoms in total. The molecule has 34 valence electrons. The maximum absolute atomic E-state index is 7.62. The van der Waals surface area contributed by atoms with Crippen LogP contribution < -0.4 is 58.2 Å². The Morgan fingerprint density at radius 2 is 1.17 bits per heavy atom. The van der Waals surface area contributed by atoms with Crippen molar-refractivity contribution in [2.75, 3.05) is 13.2 Å². The van der Waals surface area contributed by atoms with E-state index < -0.39 is 0 Å². The average Bonchev–Trinajstić information content (AvgIpc) is 1.37. The molecular weight excluding hydrogens is 152 g/mol. The second kappa shape index (κ2) is 15.8. The van der Waals surface area contributed by atoms with Crippen LogP contribution in [-0.2, 0) is 0 Å². The fraction of sp³-hybridized carbons (Fsp3) is 1.00. The molecule has 0 aromatic heterocycles. The first kappa shape index (κ1) is 15.7. The zero-order valence-corrected chi connectivity index (χ0v) is 8.22. The molecule has 0 rings (SSSR count). The van der Waals surface area contributed by atoms with Crippen molar-refractivity contribution in [2.24, 2.45) is 0 Å². The van der Waals surface area contributed by atoms with Gasteiger partial charge < -0.3 is 10.2 Å². The van der Waals surface area contributed by atoms with Crippen LogP contribution in [-0.4, -0.2) is 31.8 Å². The smallest absolute Gasteiger partial charge is 0.394 e. The molecule has 0 aromatic rings. The van der Waals surface area contributed by atoms with Gasteiger partial charge in [-0.15, -0.1) is 0 Å². The molecule has 2 N–H and O–H groups in total. The predicted molar refractivity (Wildman–Crippen MR) is 25.5 cm³/mol. The molecule has 0 saturated heterocycles. The molecular formula is C2H10BO2Rb. The summed E-state index contributed by atoms with van der Waals surface area (Å²) in [7, 11) is 0. The van der Waals surface area contributed by atoms with Gasteiger partial charge in [0.2, 0.25) is 0 Å². The van der Waals surface area contributed by atoms with Crippen LogP contribution in [0.4, 0.5) is 0 Å². The summed E-state index contributed by atoms with van der Waals surface area (Å²) in [5.41, 5.74) is 0. The van der Waals surface area contributed by atoms with Crippen molar-refractivity contribution in [3.63, 3.8) is 0 Å². The SMILES string of the molecule is OCCO.[BH4-].[Rb+]. The number of aliphatic hydroxyl groups is 2. The Kier molecular flexibility index (Phi) is 41.3. The normalized spacial score (nSPS) is 5.00. The monoisotopic (exact) mass is 162 g/mol. The van der Waals surface area contributed by atoms with Crippen LogP contribution in [0.15, 0.2) is 0 Å². The largest absolute Gasteiger partial charge is 1.00 e. The summed E-state index contributed by atoms with van der Waals surface area (Å²) in [6.07, 6.45) is 0. The standard InChI is InChI=1S/C2H6O2.BH4.Rb/c3-1-2-4;;/h3-4H,1-2H2;1H4;/q;-1;+1. The van der Waals surface area contributed by atoms with E-state index >= 15 is 0 Å². The minimum Gasteiger partial charge on any atom is -0.394 e. The molecule has 0 aliphatic carbocycles. The first-order valence-electron chi connectivity index (χ1n) is 1.13. The van der Waals surface area contributed by atoms with Crippen molar-refractivity contribution < 1.29 is 68.4 Å². The Bertz CT molecular complexity index is 13.5. The molecule has 0 unspecified atom stereocenters. The molecule has 6 heavy (non-hydrogen) atoms. The van der Waals surface area contributed by atoms with E-state index in [0.717, 1.165) is 0 Å². The van der Waals surface area contributed by atoms with Gasteiger partial charge in [-0.1, -0.05) is 8.41 Å². The minimum atomic E-state index is -0.125. The van der Waals surface area contributed by atoms with E-state index in [0.29, 0.717) is 0 Å². The Morgan fingerprint density at radius 1 is 1.00 bits per heavy atom. The van der Waals surface area contributed by atoms with E-state index in [-0.39, 0.29) is 79.8 Å². The summed E-state index contributed by atoms with van der Waals surface area (Å²) >= 11 is 0. The summed E-state index contributed by atoms with van der Waals surface area (Å²) in [4.78, 5) is 0. The van der Waals surface area contributed by atoms with Crippen molar-refractivity contribution in [1.29, 1.82) is 0 Å². The Labute approximate surface area is 88.3 Å². The molecule has 0 radical (unpaired) electrons. The molecule has 0 amide bonds. The van der Waals surface area contributed by atoms with Gasteiger partial charge in [-0.25, -0.2) is 0 Å². The Hall–Kier alpha value is 1.79. The first-order valence-corrected chi connectivity index (χ1v) is 1.13. The molecule has 0 saturated carbocycles. The Balaban J connectivity index is -0.0000000450.